The first-order chi connectivity index (χ1) is 5.26. The number of nitrogens with zero attached hydrogens (tertiary/aromatic N) is 2. The van der Waals surface area contributed by atoms with Gasteiger partial charge in [0.1, 0.15) is 0 Å². The van der Waals surface area contributed by atoms with Crippen LogP contribution in [0.1, 0.15) is 33.6 Å². The lowest BCUT2D eigenvalue weighted by Crippen LogP contribution is -2.32. The van der Waals surface area contributed by atoms with Crippen molar-refractivity contribution < 1.29 is 0 Å². The first-order valence-electron chi connectivity index (χ1n) is 4.39. The Balaban J connectivity index is 3.67. The molecule has 0 aliphatic heterocycles. The molecule has 0 bridgehead atoms. The highest BCUT2D eigenvalue weighted by molar-refractivity contribution is 4.87. The molecular formula is C9H18N2. The van der Waals surface area contributed by atoms with Crippen molar-refractivity contribution in [3.63, 3.8) is 0 Å². The zero-order valence-corrected chi connectivity index (χ0v) is 7.80. The van der Waals surface area contributed by atoms with Gasteiger partial charge in [0.25, 0.3) is 0 Å². The Morgan fingerprint density at radius 3 is 2.45 bits per heavy atom. The molecule has 1 unspecified atom stereocenters. The van der Waals surface area contributed by atoms with E-state index in [-0.39, 0.29) is 6.04 Å². The second-order valence-electron chi connectivity index (χ2n) is 2.79. The van der Waals surface area contributed by atoms with Crippen LogP contribution in [0.5, 0.6) is 0 Å². The van der Waals surface area contributed by atoms with Crippen LogP contribution in [0, 0.1) is 11.3 Å². The molecule has 0 N–H and O–H groups in total. The molecule has 2 nitrogen and oxygen atoms in total. The van der Waals surface area contributed by atoms with Gasteiger partial charge in [-0.3, -0.25) is 4.90 Å². The average molecular weight is 154 g/mol. The quantitative estimate of drug-likeness (QED) is 0.605. The van der Waals surface area contributed by atoms with Crippen molar-refractivity contribution in [3.8, 4) is 6.07 Å². The minimum absolute atomic E-state index is 0.0755. The number of rotatable bonds is 5. The zero-order valence-electron chi connectivity index (χ0n) is 7.80. The fourth-order valence-electron chi connectivity index (χ4n) is 1.07. The third-order valence-corrected chi connectivity index (χ3v) is 1.94. The van der Waals surface area contributed by atoms with Crippen LogP contribution in [0.2, 0.25) is 0 Å². The summed E-state index contributed by atoms with van der Waals surface area (Å²) in [6.45, 7) is 8.27. The van der Waals surface area contributed by atoms with Gasteiger partial charge in [0.2, 0.25) is 0 Å². The molecule has 0 aromatic heterocycles. The molecule has 0 aromatic carbocycles. The van der Waals surface area contributed by atoms with Gasteiger partial charge < -0.3 is 0 Å². The maximum Gasteiger partial charge on any atom is 0.0949 e. The van der Waals surface area contributed by atoms with Crippen LogP contribution >= 0.6 is 0 Å². The van der Waals surface area contributed by atoms with E-state index in [2.05, 4.69) is 24.8 Å². The van der Waals surface area contributed by atoms with Gasteiger partial charge in [-0.2, -0.15) is 5.26 Å². The summed E-state index contributed by atoms with van der Waals surface area (Å²) >= 11 is 0. The first kappa shape index (κ1) is 10.4. The minimum Gasteiger partial charge on any atom is -0.289 e. The second kappa shape index (κ2) is 6.18. The number of nitriles is 1. The Labute approximate surface area is 69.8 Å². The van der Waals surface area contributed by atoms with Gasteiger partial charge in [0.05, 0.1) is 12.1 Å². The molecular weight excluding hydrogens is 136 g/mol. The molecule has 2 heteroatoms. The van der Waals surface area contributed by atoms with E-state index in [0.29, 0.717) is 0 Å². The summed E-state index contributed by atoms with van der Waals surface area (Å²) in [6, 6.07) is 2.33. The lowest BCUT2D eigenvalue weighted by Gasteiger charge is -2.21. The van der Waals surface area contributed by atoms with Gasteiger partial charge in [-0.1, -0.05) is 20.3 Å². The first-order valence-corrected chi connectivity index (χ1v) is 4.39. The fraction of sp³-hybridized carbons (Fsp3) is 0.889. The molecule has 1 atom stereocenters. The third-order valence-electron chi connectivity index (χ3n) is 1.94. The molecule has 11 heavy (non-hydrogen) atoms. The van der Waals surface area contributed by atoms with Crippen LogP contribution in [0.25, 0.3) is 0 Å². The van der Waals surface area contributed by atoms with E-state index >= 15 is 0 Å². The largest absolute Gasteiger partial charge is 0.289 e. The van der Waals surface area contributed by atoms with Crippen molar-refractivity contribution in [2.24, 2.45) is 0 Å². The van der Waals surface area contributed by atoms with E-state index < -0.39 is 0 Å². The Morgan fingerprint density at radius 1 is 1.45 bits per heavy atom. The SMILES string of the molecule is CCCCN(CC)C(C)C#N. The van der Waals surface area contributed by atoms with E-state index in [1.165, 1.54) is 12.8 Å². The van der Waals surface area contributed by atoms with E-state index in [9.17, 15) is 0 Å². The summed E-state index contributed by atoms with van der Waals surface area (Å²) in [4.78, 5) is 2.20. The van der Waals surface area contributed by atoms with E-state index in [1.54, 1.807) is 0 Å². The summed E-state index contributed by atoms with van der Waals surface area (Å²) in [5, 5.41) is 8.64. The van der Waals surface area contributed by atoms with Crippen molar-refractivity contribution in [2.45, 2.75) is 39.7 Å². The molecule has 0 amide bonds. The fourth-order valence-corrected chi connectivity index (χ4v) is 1.07. The number of hydrogen-bond acceptors (Lipinski definition) is 2. The van der Waals surface area contributed by atoms with Crippen molar-refractivity contribution in [2.75, 3.05) is 13.1 Å². The van der Waals surface area contributed by atoms with Gasteiger partial charge in [0, 0.05) is 0 Å². The highest BCUT2D eigenvalue weighted by Gasteiger charge is 2.08. The van der Waals surface area contributed by atoms with Crippen LogP contribution in [-0.4, -0.2) is 24.0 Å². The van der Waals surface area contributed by atoms with Crippen LogP contribution < -0.4 is 0 Å². The van der Waals surface area contributed by atoms with Gasteiger partial charge in [-0.15, -0.1) is 0 Å². The topological polar surface area (TPSA) is 27.0 Å². The van der Waals surface area contributed by atoms with Crippen molar-refractivity contribution in [1.82, 2.24) is 4.90 Å². The second-order valence-corrected chi connectivity index (χ2v) is 2.79. The monoisotopic (exact) mass is 154 g/mol. The number of unbranched alkanes of at least 4 members (excludes halogenated alkanes) is 1. The predicted octanol–water partition coefficient (Wildman–Crippen LogP) is 2.02. The van der Waals surface area contributed by atoms with Crippen molar-refractivity contribution >= 4 is 0 Å². The van der Waals surface area contributed by atoms with Crippen molar-refractivity contribution in [1.29, 1.82) is 5.26 Å². The summed E-state index contributed by atoms with van der Waals surface area (Å²) < 4.78 is 0. The number of hydrogen-bond donors (Lipinski definition) is 0. The molecule has 0 aromatic rings. The smallest absolute Gasteiger partial charge is 0.0949 e. The molecule has 0 radical (unpaired) electrons. The molecule has 0 fully saturated rings. The van der Waals surface area contributed by atoms with Gasteiger partial charge in [-0.25, -0.2) is 0 Å². The average Bonchev–Trinajstić information content (AvgIpc) is 2.05. The van der Waals surface area contributed by atoms with E-state index in [4.69, 9.17) is 5.26 Å². The van der Waals surface area contributed by atoms with Crippen molar-refractivity contribution in [3.05, 3.63) is 0 Å². The highest BCUT2D eigenvalue weighted by Crippen LogP contribution is 1.99. The van der Waals surface area contributed by atoms with Crippen LogP contribution in [-0.2, 0) is 0 Å². The maximum atomic E-state index is 8.64. The van der Waals surface area contributed by atoms with Crippen LogP contribution in [0.4, 0.5) is 0 Å². The standard InChI is InChI=1S/C9H18N2/c1-4-6-7-11(5-2)9(3)8-10/h9H,4-7H2,1-3H3. The predicted molar refractivity (Wildman–Crippen MR) is 47.2 cm³/mol. The Morgan fingerprint density at radius 2 is 2.09 bits per heavy atom. The Bertz CT molecular complexity index is 126. The lowest BCUT2D eigenvalue weighted by atomic mass is 10.2. The zero-order chi connectivity index (χ0) is 8.69. The van der Waals surface area contributed by atoms with Gasteiger partial charge in [-0.05, 0) is 26.4 Å². The van der Waals surface area contributed by atoms with Gasteiger partial charge >= 0.3 is 0 Å². The summed E-state index contributed by atoms with van der Waals surface area (Å²) in [5.41, 5.74) is 0. The normalized spacial score (nSPS) is 13.0. The van der Waals surface area contributed by atoms with E-state index in [1.807, 2.05) is 6.92 Å². The molecule has 0 aliphatic carbocycles. The summed E-state index contributed by atoms with van der Waals surface area (Å²) in [7, 11) is 0. The Kier molecular flexibility index (Phi) is 5.87. The molecule has 0 heterocycles. The Hall–Kier alpha value is -0.550. The molecule has 0 saturated carbocycles. The molecule has 0 aliphatic rings. The molecule has 0 rings (SSSR count). The third kappa shape index (κ3) is 4.00. The van der Waals surface area contributed by atoms with Crippen LogP contribution in [0.3, 0.4) is 0 Å². The highest BCUT2D eigenvalue weighted by atomic mass is 15.1. The summed E-state index contributed by atoms with van der Waals surface area (Å²) in [5.74, 6) is 0. The summed E-state index contributed by atoms with van der Waals surface area (Å²) in [6.07, 6.45) is 2.40. The van der Waals surface area contributed by atoms with E-state index in [0.717, 1.165) is 13.1 Å². The van der Waals surface area contributed by atoms with Crippen LogP contribution in [0.15, 0.2) is 0 Å². The van der Waals surface area contributed by atoms with Gasteiger partial charge in [0.15, 0.2) is 0 Å². The molecule has 0 saturated heterocycles. The molecule has 0 spiro atoms. The lowest BCUT2D eigenvalue weighted by molar-refractivity contribution is 0.255. The molecule has 64 valence electrons. The maximum absolute atomic E-state index is 8.64. The minimum atomic E-state index is 0.0755.